The van der Waals surface area contributed by atoms with Crippen LogP contribution in [0.15, 0.2) is 66.7 Å². The first-order valence-electron chi connectivity index (χ1n) is 9.60. The summed E-state index contributed by atoms with van der Waals surface area (Å²) in [5.74, 6) is 0.867. The van der Waals surface area contributed by atoms with E-state index in [1.165, 1.54) is 0 Å². The van der Waals surface area contributed by atoms with Gasteiger partial charge in [0.25, 0.3) is 5.69 Å². The first-order valence-corrected chi connectivity index (χ1v) is 9.60. The Labute approximate surface area is 164 Å². The molecule has 1 fully saturated rings. The quantitative estimate of drug-likeness (QED) is 0.462. The molecule has 1 aliphatic heterocycles. The molecule has 0 radical (unpaired) electrons. The summed E-state index contributed by atoms with van der Waals surface area (Å²) in [6, 6.07) is 20.9. The van der Waals surface area contributed by atoms with Crippen molar-refractivity contribution in [1.29, 1.82) is 0 Å². The van der Waals surface area contributed by atoms with Crippen molar-refractivity contribution in [3.05, 3.63) is 76.8 Å². The van der Waals surface area contributed by atoms with Crippen molar-refractivity contribution in [2.75, 3.05) is 31.3 Å². The fourth-order valence-corrected chi connectivity index (χ4v) is 3.76. The average Bonchev–Trinajstić information content (AvgIpc) is 2.74. The Morgan fingerprint density at radius 1 is 0.893 bits per heavy atom. The number of hydrazine groups is 1. The highest BCUT2D eigenvalue weighted by atomic mass is 16.6. The fraction of sp³-hybridized carbons (Fsp3) is 0.273. The van der Waals surface area contributed by atoms with Crippen molar-refractivity contribution in [3.8, 4) is 5.75 Å². The second-order valence-electron chi connectivity index (χ2n) is 6.85. The first kappa shape index (κ1) is 18.3. The van der Waals surface area contributed by atoms with E-state index < -0.39 is 0 Å². The van der Waals surface area contributed by atoms with Gasteiger partial charge in [0.1, 0.15) is 12.4 Å². The van der Waals surface area contributed by atoms with Gasteiger partial charge in [0, 0.05) is 24.5 Å². The summed E-state index contributed by atoms with van der Waals surface area (Å²) in [5, 5.41) is 17.5. The summed E-state index contributed by atoms with van der Waals surface area (Å²) in [5.41, 5.74) is 1.16. The molecule has 6 heteroatoms. The molecule has 1 heterocycles. The molecule has 0 aromatic heterocycles. The molecule has 0 unspecified atom stereocenters. The summed E-state index contributed by atoms with van der Waals surface area (Å²) < 4.78 is 5.87. The normalized spacial score (nSPS) is 14.9. The Morgan fingerprint density at radius 2 is 1.61 bits per heavy atom. The van der Waals surface area contributed by atoms with Gasteiger partial charge in [-0.25, -0.2) is 5.01 Å². The van der Waals surface area contributed by atoms with E-state index in [2.05, 4.69) is 10.0 Å². The second kappa shape index (κ2) is 8.27. The number of anilines is 1. The lowest BCUT2D eigenvalue weighted by Crippen LogP contribution is -2.49. The van der Waals surface area contributed by atoms with Crippen LogP contribution in [0.5, 0.6) is 5.75 Å². The maximum atomic E-state index is 11.4. The van der Waals surface area contributed by atoms with Crippen LogP contribution in [-0.2, 0) is 0 Å². The minimum atomic E-state index is -0.312. The van der Waals surface area contributed by atoms with Crippen LogP contribution in [-0.4, -0.2) is 36.2 Å². The fourth-order valence-electron chi connectivity index (χ4n) is 3.76. The summed E-state index contributed by atoms with van der Waals surface area (Å²) in [6.45, 7) is 3.20. The molecule has 0 aliphatic carbocycles. The number of para-hydroxylation sites is 1. The van der Waals surface area contributed by atoms with Crippen molar-refractivity contribution in [1.82, 2.24) is 5.01 Å². The molecule has 6 nitrogen and oxygen atoms in total. The molecule has 0 saturated carbocycles. The maximum absolute atomic E-state index is 11.4. The number of nitro benzene ring substituents is 1. The zero-order chi connectivity index (χ0) is 19.3. The Morgan fingerprint density at radius 3 is 2.39 bits per heavy atom. The molecule has 28 heavy (non-hydrogen) atoms. The van der Waals surface area contributed by atoms with E-state index >= 15 is 0 Å². The third-order valence-corrected chi connectivity index (χ3v) is 5.09. The van der Waals surface area contributed by atoms with Gasteiger partial charge in [-0.05, 0) is 37.1 Å². The molecule has 0 N–H and O–H groups in total. The molecule has 144 valence electrons. The highest BCUT2D eigenvalue weighted by molar-refractivity contribution is 5.99. The monoisotopic (exact) mass is 377 g/mol. The highest BCUT2D eigenvalue weighted by Crippen LogP contribution is 2.35. The summed E-state index contributed by atoms with van der Waals surface area (Å²) in [6.07, 6.45) is 2.23. The van der Waals surface area contributed by atoms with E-state index in [1.54, 1.807) is 6.07 Å². The van der Waals surface area contributed by atoms with Gasteiger partial charge in [-0.1, -0.05) is 36.4 Å². The standard InChI is InChI=1S/C22H23N3O3/c26-25(27)22-13-12-21(19-10-4-5-11-20(19)22)24-15-7-6-14-23(24)16-17-28-18-8-2-1-3-9-18/h1-5,8-13H,6-7,14-17H2. The number of ether oxygens (including phenoxy) is 1. The van der Waals surface area contributed by atoms with Gasteiger partial charge in [-0.2, -0.15) is 0 Å². The van der Waals surface area contributed by atoms with E-state index in [0.29, 0.717) is 12.0 Å². The predicted octanol–water partition coefficient (Wildman–Crippen LogP) is 4.64. The Balaban J connectivity index is 1.57. The lowest BCUT2D eigenvalue weighted by Gasteiger charge is -2.40. The van der Waals surface area contributed by atoms with Crippen LogP contribution in [0.3, 0.4) is 0 Å². The van der Waals surface area contributed by atoms with Crippen LogP contribution in [0.25, 0.3) is 10.8 Å². The van der Waals surface area contributed by atoms with E-state index in [-0.39, 0.29) is 10.6 Å². The molecule has 3 aromatic rings. The van der Waals surface area contributed by atoms with Crippen molar-refractivity contribution in [3.63, 3.8) is 0 Å². The third kappa shape index (κ3) is 3.77. The number of nitro groups is 1. The number of rotatable bonds is 6. The average molecular weight is 377 g/mol. The molecule has 0 spiro atoms. The van der Waals surface area contributed by atoms with E-state index in [9.17, 15) is 10.1 Å². The van der Waals surface area contributed by atoms with Crippen molar-refractivity contribution in [2.24, 2.45) is 0 Å². The van der Waals surface area contributed by atoms with Crippen LogP contribution in [0.1, 0.15) is 12.8 Å². The molecular weight excluding hydrogens is 354 g/mol. The van der Waals surface area contributed by atoms with E-state index in [4.69, 9.17) is 4.74 Å². The summed E-state index contributed by atoms with van der Waals surface area (Å²) in [4.78, 5) is 11.1. The van der Waals surface area contributed by atoms with Crippen LogP contribution in [0, 0.1) is 10.1 Å². The van der Waals surface area contributed by atoms with Crippen molar-refractivity contribution in [2.45, 2.75) is 12.8 Å². The van der Waals surface area contributed by atoms with Crippen LogP contribution in [0.4, 0.5) is 11.4 Å². The van der Waals surface area contributed by atoms with Gasteiger partial charge in [0.05, 0.1) is 22.5 Å². The number of benzene rings is 3. The molecular formula is C22H23N3O3. The van der Waals surface area contributed by atoms with E-state index in [0.717, 1.165) is 49.3 Å². The van der Waals surface area contributed by atoms with Crippen LogP contribution in [0.2, 0.25) is 0 Å². The summed E-state index contributed by atoms with van der Waals surface area (Å²) >= 11 is 0. The van der Waals surface area contributed by atoms with Gasteiger partial charge in [0.2, 0.25) is 0 Å². The minimum absolute atomic E-state index is 0.148. The molecule has 0 bridgehead atoms. The Kier molecular flexibility index (Phi) is 5.39. The molecule has 1 saturated heterocycles. The van der Waals surface area contributed by atoms with Crippen molar-refractivity contribution >= 4 is 22.1 Å². The van der Waals surface area contributed by atoms with Crippen LogP contribution < -0.4 is 9.75 Å². The number of hydrogen-bond acceptors (Lipinski definition) is 5. The number of hydrogen-bond donors (Lipinski definition) is 0. The molecule has 1 aliphatic rings. The van der Waals surface area contributed by atoms with Crippen molar-refractivity contribution < 1.29 is 9.66 Å². The SMILES string of the molecule is O=[N+]([O-])c1ccc(N2CCCCN2CCOc2ccccc2)c2ccccc12. The largest absolute Gasteiger partial charge is 0.492 e. The van der Waals surface area contributed by atoms with Crippen LogP contribution >= 0.6 is 0 Å². The molecule has 3 aromatic carbocycles. The van der Waals surface area contributed by atoms with E-state index in [1.807, 2.05) is 60.7 Å². The topological polar surface area (TPSA) is 58.9 Å². The van der Waals surface area contributed by atoms with Gasteiger partial charge < -0.3 is 9.75 Å². The lowest BCUT2D eigenvalue weighted by atomic mass is 10.1. The zero-order valence-electron chi connectivity index (χ0n) is 15.7. The lowest BCUT2D eigenvalue weighted by molar-refractivity contribution is -0.383. The summed E-state index contributed by atoms with van der Waals surface area (Å²) in [7, 11) is 0. The predicted molar refractivity (Wildman–Crippen MR) is 111 cm³/mol. The number of nitrogens with zero attached hydrogens (tertiary/aromatic N) is 3. The number of non-ortho nitro benzene ring substituents is 1. The van der Waals surface area contributed by atoms with Gasteiger partial charge in [-0.15, -0.1) is 0 Å². The van der Waals surface area contributed by atoms with Gasteiger partial charge in [-0.3, -0.25) is 10.1 Å². The molecule has 4 rings (SSSR count). The minimum Gasteiger partial charge on any atom is -0.492 e. The Bertz CT molecular complexity index is 962. The zero-order valence-corrected chi connectivity index (χ0v) is 15.7. The first-order chi connectivity index (χ1) is 13.7. The number of fused-ring (bicyclic) bond motifs is 1. The maximum Gasteiger partial charge on any atom is 0.277 e. The van der Waals surface area contributed by atoms with Gasteiger partial charge in [0.15, 0.2) is 0 Å². The second-order valence-corrected chi connectivity index (χ2v) is 6.85. The molecule has 0 atom stereocenters. The smallest absolute Gasteiger partial charge is 0.277 e. The Hall–Kier alpha value is -3.12. The highest BCUT2D eigenvalue weighted by Gasteiger charge is 2.24. The van der Waals surface area contributed by atoms with Gasteiger partial charge >= 0.3 is 0 Å². The molecule has 0 amide bonds. The third-order valence-electron chi connectivity index (χ3n) is 5.09.